The Hall–Kier alpha value is -2.35. The summed E-state index contributed by atoms with van der Waals surface area (Å²) in [5, 5.41) is 9.61. The van der Waals surface area contributed by atoms with Crippen molar-refractivity contribution in [2.24, 2.45) is 0 Å². The van der Waals surface area contributed by atoms with Crippen molar-refractivity contribution in [1.29, 1.82) is 0 Å². The van der Waals surface area contributed by atoms with Gasteiger partial charge < -0.3 is 9.15 Å². The maximum absolute atomic E-state index is 11.7. The SMILES string of the molecule is COC(=O)NC(=O)[C@H](C)Sc1nnc(-c2cccc(C)c2)o1. The van der Waals surface area contributed by atoms with Gasteiger partial charge in [0, 0.05) is 5.56 Å². The van der Waals surface area contributed by atoms with Gasteiger partial charge in [0.1, 0.15) is 0 Å². The van der Waals surface area contributed by atoms with Crippen LogP contribution in [0.1, 0.15) is 12.5 Å². The lowest BCUT2D eigenvalue weighted by atomic mass is 10.1. The van der Waals surface area contributed by atoms with E-state index >= 15 is 0 Å². The summed E-state index contributed by atoms with van der Waals surface area (Å²) in [5.74, 6) is -0.112. The minimum Gasteiger partial charge on any atom is -0.453 e. The molecule has 22 heavy (non-hydrogen) atoms. The molecule has 0 fully saturated rings. The number of rotatable bonds is 4. The van der Waals surface area contributed by atoms with Crippen LogP contribution in [-0.4, -0.2) is 34.6 Å². The molecule has 0 aliphatic heterocycles. The first kappa shape index (κ1) is 16.0. The van der Waals surface area contributed by atoms with Crippen LogP contribution in [0.2, 0.25) is 0 Å². The van der Waals surface area contributed by atoms with E-state index in [1.54, 1.807) is 6.92 Å². The van der Waals surface area contributed by atoms with Gasteiger partial charge in [0.2, 0.25) is 11.8 Å². The molecule has 1 heterocycles. The number of methoxy groups -OCH3 is 1. The monoisotopic (exact) mass is 321 g/mol. The predicted molar refractivity (Wildman–Crippen MR) is 80.3 cm³/mol. The Bertz CT molecular complexity index is 686. The first-order valence-electron chi connectivity index (χ1n) is 6.45. The van der Waals surface area contributed by atoms with E-state index in [1.165, 1.54) is 7.11 Å². The Morgan fingerprint density at radius 1 is 1.36 bits per heavy atom. The van der Waals surface area contributed by atoms with E-state index in [4.69, 9.17) is 4.42 Å². The highest BCUT2D eigenvalue weighted by Crippen LogP contribution is 2.26. The van der Waals surface area contributed by atoms with Gasteiger partial charge in [-0.25, -0.2) is 4.79 Å². The van der Waals surface area contributed by atoms with E-state index < -0.39 is 17.3 Å². The molecule has 0 saturated carbocycles. The summed E-state index contributed by atoms with van der Waals surface area (Å²) in [6.45, 7) is 3.59. The van der Waals surface area contributed by atoms with Crippen LogP contribution < -0.4 is 5.32 Å². The van der Waals surface area contributed by atoms with Crippen LogP contribution in [0.15, 0.2) is 33.9 Å². The minimum atomic E-state index is -0.802. The van der Waals surface area contributed by atoms with Gasteiger partial charge in [-0.05, 0) is 26.0 Å². The molecule has 0 radical (unpaired) electrons. The van der Waals surface area contributed by atoms with Gasteiger partial charge in [0.05, 0.1) is 12.4 Å². The van der Waals surface area contributed by atoms with Crippen LogP contribution in [0, 0.1) is 6.92 Å². The third-order valence-electron chi connectivity index (χ3n) is 2.73. The molecule has 0 bridgehead atoms. The van der Waals surface area contributed by atoms with E-state index in [9.17, 15) is 9.59 Å². The van der Waals surface area contributed by atoms with Crippen molar-refractivity contribution >= 4 is 23.8 Å². The number of aromatic nitrogens is 2. The van der Waals surface area contributed by atoms with Crippen molar-refractivity contribution in [3.8, 4) is 11.5 Å². The predicted octanol–water partition coefficient (Wildman–Crippen LogP) is 2.41. The number of aryl methyl sites for hydroxylation is 1. The topological polar surface area (TPSA) is 94.3 Å². The maximum atomic E-state index is 11.7. The number of alkyl carbamates (subject to hydrolysis) is 1. The van der Waals surface area contributed by atoms with Gasteiger partial charge in [-0.1, -0.05) is 29.5 Å². The van der Waals surface area contributed by atoms with Gasteiger partial charge in [0.25, 0.3) is 5.22 Å². The molecule has 1 atom stereocenters. The molecule has 0 unspecified atom stereocenters. The molecule has 0 saturated heterocycles. The maximum Gasteiger partial charge on any atom is 0.413 e. The number of nitrogens with one attached hydrogen (secondary N) is 1. The molecular weight excluding hydrogens is 306 g/mol. The number of hydrogen-bond acceptors (Lipinski definition) is 7. The molecule has 0 aliphatic rings. The number of carbonyl (C=O) groups is 2. The van der Waals surface area contributed by atoms with Gasteiger partial charge in [-0.15, -0.1) is 10.2 Å². The number of amides is 2. The summed E-state index contributed by atoms with van der Waals surface area (Å²) >= 11 is 1.06. The summed E-state index contributed by atoms with van der Waals surface area (Å²) in [6, 6.07) is 7.65. The zero-order valence-electron chi connectivity index (χ0n) is 12.3. The molecule has 1 aromatic carbocycles. The van der Waals surface area contributed by atoms with E-state index in [-0.39, 0.29) is 5.22 Å². The number of carbonyl (C=O) groups excluding carboxylic acids is 2. The first-order chi connectivity index (χ1) is 10.5. The van der Waals surface area contributed by atoms with Crippen molar-refractivity contribution in [2.45, 2.75) is 24.3 Å². The van der Waals surface area contributed by atoms with Gasteiger partial charge in [-0.2, -0.15) is 0 Å². The van der Waals surface area contributed by atoms with Crippen molar-refractivity contribution < 1.29 is 18.7 Å². The van der Waals surface area contributed by atoms with Crippen LogP contribution in [-0.2, 0) is 9.53 Å². The molecule has 2 aromatic rings. The summed E-state index contributed by atoms with van der Waals surface area (Å²) in [4.78, 5) is 22.7. The summed E-state index contributed by atoms with van der Waals surface area (Å²) in [7, 11) is 1.19. The summed E-state index contributed by atoms with van der Waals surface area (Å²) in [5.41, 5.74) is 1.89. The van der Waals surface area contributed by atoms with Gasteiger partial charge in [-0.3, -0.25) is 10.1 Å². The van der Waals surface area contributed by atoms with Crippen LogP contribution in [0.4, 0.5) is 4.79 Å². The second-order valence-electron chi connectivity index (χ2n) is 4.48. The highest BCUT2D eigenvalue weighted by atomic mass is 32.2. The van der Waals surface area contributed by atoms with Crippen molar-refractivity contribution in [1.82, 2.24) is 15.5 Å². The lowest BCUT2D eigenvalue weighted by Crippen LogP contribution is -2.35. The average Bonchev–Trinajstić information content (AvgIpc) is 2.95. The Balaban J connectivity index is 2.03. The second-order valence-corrected chi connectivity index (χ2v) is 5.78. The third kappa shape index (κ3) is 4.08. The van der Waals surface area contributed by atoms with Crippen LogP contribution in [0.5, 0.6) is 0 Å². The fourth-order valence-corrected chi connectivity index (χ4v) is 2.29. The second kappa shape index (κ2) is 7.08. The summed E-state index contributed by atoms with van der Waals surface area (Å²) < 4.78 is 9.88. The first-order valence-corrected chi connectivity index (χ1v) is 7.33. The molecule has 8 heteroatoms. The Morgan fingerprint density at radius 3 is 2.82 bits per heavy atom. The van der Waals surface area contributed by atoms with E-state index in [0.29, 0.717) is 5.89 Å². The molecule has 2 amide bonds. The zero-order chi connectivity index (χ0) is 16.1. The highest BCUT2D eigenvalue weighted by Gasteiger charge is 2.20. The number of thioether (sulfide) groups is 1. The number of nitrogens with zero attached hydrogens (tertiary/aromatic N) is 2. The molecule has 0 aliphatic carbocycles. The molecule has 0 spiro atoms. The fraction of sp³-hybridized carbons (Fsp3) is 0.286. The Morgan fingerprint density at radius 2 is 2.14 bits per heavy atom. The van der Waals surface area contributed by atoms with E-state index in [0.717, 1.165) is 22.9 Å². The average molecular weight is 321 g/mol. The van der Waals surface area contributed by atoms with Crippen LogP contribution in [0.3, 0.4) is 0 Å². The lowest BCUT2D eigenvalue weighted by molar-refractivity contribution is -0.119. The molecule has 2 rings (SSSR count). The van der Waals surface area contributed by atoms with Gasteiger partial charge >= 0.3 is 6.09 Å². The summed E-state index contributed by atoms with van der Waals surface area (Å²) in [6.07, 6.45) is -0.802. The van der Waals surface area contributed by atoms with Crippen LogP contribution >= 0.6 is 11.8 Å². The Labute approximate surface area is 131 Å². The number of imide groups is 1. The van der Waals surface area contributed by atoms with E-state index in [2.05, 4.69) is 20.3 Å². The minimum absolute atomic E-state index is 0.254. The van der Waals surface area contributed by atoms with Gasteiger partial charge in [0.15, 0.2) is 0 Å². The number of ether oxygens (including phenoxy) is 1. The fourth-order valence-electron chi connectivity index (χ4n) is 1.61. The third-order valence-corrected chi connectivity index (χ3v) is 3.66. The lowest BCUT2D eigenvalue weighted by Gasteiger charge is -2.07. The smallest absolute Gasteiger partial charge is 0.413 e. The molecule has 116 valence electrons. The number of benzene rings is 1. The van der Waals surface area contributed by atoms with Crippen molar-refractivity contribution in [3.63, 3.8) is 0 Å². The normalized spacial score (nSPS) is 11.8. The van der Waals surface area contributed by atoms with Crippen molar-refractivity contribution in [2.75, 3.05) is 7.11 Å². The molecule has 1 N–H and O–H groups in total. The Kier molecular flexibility index (Phi) is 5.16. The molecule has 7 nitrogen and oxygen atoms in total. The van der Waals surface area contributed by atoms with E-state index in [1.807, 2.05) is 31.2 Å². The van der Waals surface area contributed by atoms with Crippen molar-refractivity contribution in [3.05, 3.63) is 29.8 Å². The molecular formula is C14H15N3O4S. The molecule has 1 aromatic heterocycles. The number of hydrogen-bond donors (Lipinski definition) is 1. The van der Waals surface area contributed by atoms with Crippen LogP contribution in [0.25, 0.3) is 11.5 Å². The largest absolute Gasteiger partial charge is 0.453 e. The zero-order valence-corrected chi connectivity index (χ0v) is 13.1. The highest BCUT2D eigenvalue weighted by molar-refractivity contribution is 8.00. The standard InChI is InChI=1S/C14H15N3O4S/c1-8-5-4-6-10(7-8)12-16-17-14(21-12)22-9(2)11(18)15-13(19)20-3/h4-7,9H,1-3H3,(H,15,18,19)/t9-/m0/s1. The quantitative estimate of drug-likeness (QED) is 0.864.